The summed E-state index contributed by atoms with van der Waals surface area (Å²) in [6.45, 7) is 2.33. The van der Waals surface area contributed by atoms with Crippen molar-refractivity contribution in [1.82, 2.24) is 9.88 Å². The Bertz CT molecular complexity index is 1120. The van der Waals surface area contributed by atoms with E-state index in [1.165, 1.54) is 0 Å². The number of benzene rings is 1. The predicted molar refractivity (Wildman–Crippen MR) is 122 cm³/mol. The van der Waals surface area contributed by atoms with Crippen LogP contribution in [0.3, 0.4) is 0 Å². The molecule has 0 saturated heterocycles. The van der Waals surface area contributed by atoms with Crippen molar-refractivity contribution in [2.24, 2.45) is 11.8 Å². The topological polar surface area (TPSA) is 59.5 Å². The van der Waals surface area contributed by atoms with Gasteiger partial charge in [-0.05, 0) is 48.1 Å². The van der Waals surface area contributed by atoms with Crippen molar-refractivity contribution < 1.29 is 14.3 Å². The van der Waals surface area contributed by atoms with E-state index in [1.807, 2.05) is 12.1 Å². The molecule has 2 aliphatic heterocycles. The van der Waals surface area contributed by atoms with Gasteiger partial charge in [-0.1, -0.05) is 42.3 Å². The lowest BCUT2D eigenvalue weighted by atomic mass is 9.74. The molecule has 32 heavy (non-hydrogen) atoms. The highest BCUT2D eigenvalue weighted by molar-refractivity contribution is 6.42. The fourth-order valence-electron chi connectivity index (χ4n) is 4.95. The quantitative estimate of drug-likeness (QED) is 0.543. The van der Waals surface area contributed by atoms with E-state index >= 15 is 0 Å². The number of carbonyl (C=O) groups is 2. The Labute approximate surface area is 201 Å². The summed E-state index contributed by atoms with van der Waals surface area (Å²) in [5.74, 6) is -0.360. The number of aromatic nitrogens is 1. The second kappa shape index (κ2) is 8.36. The Morgan fingerprint density at radius 1 is 1.16 bits per heavy atom. The SMILES string of the molecule is CC1CC2OC3=C(C(=O)C2CC1Cl)C(c1ccc(Cl)c(Cl)c1)N(Cc1cccnc1)C3=O. The van der Waals surface area contributed by atoms with Gasteiger partial charge >= 0.3 is 0 Å². The van der Waals surface area contributed by atoms with E-state index in [-0.39, 0.29) is 47.3 Å². The van der Waals surface area contributed by atoms with Crippen LogP contribution >= 0.6 is 34.8 Å². The lowest BCUT2D eigenvalue weighted by molar-refractivity contribution is -0.136. The number of pyridine rings is 1. The van der Waals surface area contributed by atoms with Gasteiger partial charge in [0.1, 0.15) is 6.10 Å². The van der Waals surface area contributed by atoms with Gasteiger partial charge in [0, 0.05) is 24.3 Å². The highest BCUT2D eigenvalue weighted by Crippen LogP contribution is 2.49. The zero-order valence-corrected chi connectivity index (χ0v) is 19.6. The van der Waals surface area contributed by atoms with E-state index in [0.717, 1.165) is 5.56 Å². The molecule has 5 unspecified atom stereocenters. The van der Waals surface area contributed by atoms with E-state index in [4.69, 9.17) is 39.5 Å². The molecule has 1 amide bonds. The van der Waals surface area contributed by atoms with E-state index < -0.39 is 6.04 Å². The lowest BCUT2D eigenvalue weighted by Crippen LogP contribution is -2.44. The second-order valence-corrected chi connectivity index (χ2v) is 10.1. The Morgan fingerprint density at radius 3 is 2.69 bits per heavy atom. The van der Waals surface area contributed by atoms with Gasteiger partial charge in [0.25, 0.3) is 5.91 Å². The van der Waals surface area contributed by atoms with Crippen molar-refractivity contribution in [1.29, 1.82) is 0 Å². The van der Waals surface area contributed by atoms with Gasteiger partial charge in [-0.3, -0.25) is 14.6 Å². The Kier molecular flexibility index (Phi) is 5.68. The number of carbonyl (C=O) groups excluding carboxylic acids is 2. The van der Waals surface area contributed by atoms with Crippen molar-refractivity contribution in [2.75, 3.05) is 0 Å². The zero-order valence-electron chi connectivity index (χ0n) is 17.3. The molecule has 3 heterocycles. The number of ether oxygens (including phenoxy) is 1. The van der Waals surface area contributed by atoms with Crippen molar-refractivity contribution in [3.05, 3.63) is 75.2 Å². The molecule has 3 aliphatic rings. The minimum atomic E-state index is -0.617. The number of ketones is 1. The minimum Gasteiger partial charge on any atom is -0.483 e. The van der Waals surface area contributed by atoms with Crippen LogP contribution in [0, 0.1) is 11.8 Å². The molecule has 1 fully saturated rings. The molecule has 166 valence electrons. The van der Waals surface area contributed by atoms with Crippen molar-refractivity contribution >= 4 is 46.5 Å². The summed E-state index contributed by atoms with van der Waals surface area (Å²) in [6, 6.07) is 8.28. The number of rotatable bonds is 3. The molecule has 2 aromatic rings. The third kappa shape index (κ3) is 3.60. The van der Waals surface area contributed by atoms with Crippen LogP contribution in [0.2, 0.25) is 10.0 Å². The fraction of sp³-hybridized carbons (Fsp3) is 0.375. The van der Waals surface area contributed by atoms with E-state index in [1.54, 1.807) is 35.5 Å². The first-order valence-electron chi connectivity index (χ1n) is 10.6. The maximum atomic E-state index is 13.7. The Hall–Kier alpha value is -2.08. The van der Waals surface area contributed by atoms with E-state index in [9.17, 15) is 9.59 Å². The molecule has 1 aromatic heterocycles. The van der Waals surface area contributed by atoms with Crippen molar-refractivity contribution in [3.8, 4) is 0 Å². The standard InChI is InChI=1S/C24H21Cl3N2O3/c1-12-7-19-15(9-17(12)26)22(30)20-21(14-4-5-16(25)18(27)8-14)29(24(31)23(20)32-19)11-13-3-2-6-28-10-13/h2-6,8,10,12,15,17,19,21H,7,9,11H2,1H3. The number of amides is 1. The minimum absolute atomic E-state index is 0.0630. The summed E-state index contributed by atoms with van der Waals surface area (Å²) >= 11 is 18.9. The second-order valence-electron chi connectivity index (χ2n) is 8.70. The number of fused-ring (bicyclic) bond motifs is 1. The normalized spacial score (nSPS) is 29.6. The molecule has 1 aliphatic carbocycles. The molecular weight excluding hydrogens is 471 g/mol. The Morgan fingerprint density at radius 2 is 1.97 bits per heavy atom. The van der Waals surface area contributed by atoms with Crippen LogP contribution in [0.1, 0.15) is 36.9 Å². The van der Waals surface area contributed by atoms with Gasteiger partial charge in [-0.2, -0.15) is 0 Å². The highest BCUT2D eigenvalue weighted by atomic mass is 35.5. The van der Waals surface area contributed by atoms with Gasteiger partial charge in [-0.15, -0.1) is 11.6 Å². The van der Waals surface area contributed by atoms with Gasteiger partial charge in [0.2, 0.25) is 0 Å². The van der Waals surface area contributed by atoms with Crippen LogP contribution in [0.5, 0.6) is 0 Å². The molecule has 8 heteroatoms. The molecule has 0 N–H and O–H groups in total. The van der Waals surface area contributed by atoms with Crippen LogP contribution in [0.25, 0.3) is 0 Å². The monoisotopic (exact) mass is 490 g/mol. The zero-order chi connectivity index (χ0) is 22.6. The lowest BCUT2D eigenvalue weighted by Gasteiger charge is -2.40. The van der Waals surface area contributed by atoms with E-state index in [2.05, 4.69) is 11.9 Å². The van der Waals surface area contributed by atoms with Gasteiger partial charge in [0.15, 0.2) is 11.5 Å². The third-order valence-corrected chi connectivity index (χ3v) is 7.99. The van der Waals surface area contributed by atoms with Gasteiger partial charge in [0.05, 0.1) is 27.6 Å². The summed E-state index contributed by atoms with van der Waals surface area (Å²) in [6.07, 6.45) is 4.24. The molecule has 5 nitrogen and oxygen atoms in total. The number of hydrogen-bond acceptors (Lipinski definition) is 4. The summed E-state index contributed by atoms with van der Waals surface area (Å²) in [7, 11) is 0. The molecule has 1 aromatic carbocycles. The first-order chi connectivity index (χ1) is 15.3. The van der Waals surface area contributed by atoms with Crippen LogP contribution < -0.4 is 0 Å². The maximum Gasteiger partial charge on any atom is 0.290 e. The van der Waals surface area contributed by atoms with Gasteiger partial charge < -0.3 is 9.64 Å². The van der Waals surface area contributed by atoms with Crippen molar-refractivity contribution in [3.63, 3.8) is 0 Å². The van der Waals surface area contributed by atoms with Crippen LogP contribution in [0.4, 0.5) is 0 Å². The highest BCUT2D eigenvalue weighted by Gasteiger charge is 2.53. The molecule has 5 atom stereocenters. The van der Waals surface area contributed by atoms with Crippen molar-refractivity contribution in [2.45, 2.75) is 43.8 Å². The third-order valence-electron chi connectivity index (χ3n) is 6.64. The fourth-order valence-corrected chi connectivity index (χ4v) is 5.55. The molecule has 5 rings (SSSR count). The molecular formula is C24H21Cl3N2O3. The first-order valence-corrected chi connectivity index (χ1v) is 11.8. The number of nitrogens with zero attached hydrogens (tertiary/aromatic N) is 2. The summed E-state index contributed by atoms with van der Waals surface area (Å²) in [5.41, 5.74) is 1.95. The average molecular weight is 492 g/mol. The van der Waals surface area contributed by atoms with Crippen LogP contribution in [-0.4, -0.2) is 33.1 Å². The number of halogens is 3. The number of Topliss-reactive ketones (excluding diaryl/α,β-unsaturated/α-hetero) is 1. The average Bonchev–Trinajstić information content (AvgIpc) is 3.04. The molecule has 0 bridgehead atoms. The number of alkyl halides is 1. The largest absolute Gasteiger partial charge is 0.483 e. The molecule has 0 spiro atoms. The summed E-state index contributed by atoms with van der Waals surface area (Å²) < 4.78 is 6.22. The Balaban J connectivity index is 1.59. The predicted octanol–water partition coefficient (Wildman–Crippen LogP) is 5.35. The van der Waals surface area contributed by atoms with E-state index in [0.29, 0.717) is 34.0 Å². The molecule has 0 radical (unpaired) electrons. The smallest absolute Gasteiger partial charge is 0.290 e. The van der Waals surface area contributed by atoms with Crippen LogP contribution in [0.15, 0.2) is 54.1 Å². The maximum absolute atomic E-state index is 13.7. The molecule has 1 saturated carbocycles. The first kappa shape index (κ1) is 21.7. The van der Waals surface area contributed by atoms with Gasteiger partial charge in [-0.25, -0.2) is 0 Å². The summed E-state index contributed by atoms with van der Waals surface area (Å²) in [4.78, 5) is 33.1. The van der Waals surface area contributed by atoms with Crippen LogP contribution in [-0.2, 0) is 20.9 Å². The number of hydrogen-bond donors (Lipinski definition) is 0. The summed E-state index contributed by atoms with van der Waals surface area (Å²) in [5, 5.41) is 0.671.